The minimum atomic E-state index is -4.14. The van der Waals surface area contributed by atoms with Crippen molar-refractivity contribution in [3.63, 3.8) is 0 Å². The van der Waals surface area contributed by atoms with Crippen molar-refractivity contribution in [2.24, 2.45) is 11.3 Å². The first-order valence-electron chi connectivity index (χ1n) is 15.4. The van der Waals surface area contributed by atoms with Gasteiger partial charge in [-0.15, -0.1) is 0 Å². The van der Waals surface area contributed by atoms with E-state index in [1.165, 1.54) is 42.2 Å². The number of non-ortho nitro benzene ring substituents is 1. The molecule has 0 aliphatic carbocycles. The summed E-state index contributed by atoms with van der Waals surface area (Å²) in [5, 5.41) is 17.0. The maximum absolute atomic E-state index is 14.1. The van der Waals surface area contributed by atoms with Crippen molar-refractivity contribution >= 4 is 33.4 Å². The molecular weight excluding hydrogens is 622 g/mol. The van der Waals surface area contributed by atoms with E-state index in [9.17, 15) is 32.9 Å². The summed E-state index contributed by atoms with van der Waals surface area (Å²) in [6, 6.07) is 12.4. The number of nitrogens with one attached hydrogen (secondary N) is 3. The fraction of sp³-hybridized carbons (Fsp3) is 0.500. The average Bonchev–Trinajstić information content (AvgIpc) is 2.97. The van der Waals surface area contributed by atoms with Crippen molar-refractivity contribution in [2.45, 2.75) is 84.7 Å². The second kappa shape index (κ2) is 15.7. The number of carbonyl (C=O) groups excluding carboxylic acids is 3. The number of rotatable bonds is 14. The number of nitrogens with zero attached hydrogens (tertiary/aromatic N) is 2. The Bertz CT molecular complexity index is 1560. The molecule has 2 aromatic carbocycles. The lowest BCUT2D eigenvalue weighted by atomic mass is 9.76. The second-order valence-electron chi connectivity index (χ2n) is 13.8. The maximum atomic E-state index is 14.1. The summed E-state index contributed by atoms with van der Waals surface area (Å²) in [6.07, 6.45) is 1.54. The van der Waals surface area contributed by atoms with E-state index in [4.69, 9.17) is 0 Å². The number of nitro benzene ring substituents is 1. The molecule has 3 atom stereocenters. The molecule has 258 valence electrons. The van der Waals surface area contributed by atoms with Crippen LogP contribution in [0.5, 0.6) is 0 Å². The topological polar surface area (TPSA) is 168 Å². The Morgan fingerprint density at radius 1 is 0.957 bits per heavy atom. The number of sulfonamides is 1. The summed E-state index contributed by atoms with van der Waals surface area (Å²) in [7, 11) is -0.844. The Balaban J connectivity index is 2.28. The van der Waals surface area contributed by atoms with E-state index >= 15 is 0 Å². The predicted octanol–water partition coefficient (Wildman–Crippen LogP) is 4.07. The first-order chi connectivity index (χ1) is 21.6. The molecule has 12 nitrogen and oxygen atoms in total. The third-order valence-electron chi connectivity index (χ3n) is 8.20. The van der Waals surface area contributed by atoms with Gasteiger partial charge in [0.15, 0.2) is 0 Å². The van der Waals surface area contributed by atoms with E-state index in [-0.39, 0.29) is 34.6 Å². The zero-order valence-corrected chi connectivity index (χ0v) is 29.8. The number of nitro groups is 1. The molecule has 0 radical (unpaired) electrons. The van der Waals surface area contributed by atoms with Crippen LogP contribution < -0.4 is 15.4 Å². The highest BCUT2D eigenvalue weighted by atomic mass is 32.2. The van der Waals surface area contributed by atoms with E-state index in [0.717, 1.165) is 5.56 Å². The molecule has 0 saturated carbocycles. The molecule has 0 fully saturated rings. The summed E-state index contributed by atoms with van der Waals surface area (Å²) >= 11 is 0. The first kappa shape index (κ1) is 39.1. The van der Waals surface area contributed by atoms with Crippen LogP contribution in [0.3, 0.4) is 0 Å². The van der Waals surface area contributed by atoms with Crippen molar-refractivity contribution in [1.29, 1.82) is 0 Å². The zero-order valence-electron chi connectivity index (χ0n) is 29.0. The van der Waals surface area contributed by atoms with Gasteiger partial charge in [0.05, 0.1) is 22.8 Å². The molecule has 0 bridgehead atoms. The van der Waals surface area contributed by atoms with Crippen LogP contribution in [0.1, 0.15) is 66.5 Å². The highest BCUT2D eigenvalue weighted by Gasteiger charge is 2.41. The molecule has 0 aliphatic heterocycles. The standard InChI is InChI=1S/C34H49N5O7S/c1-22(2)27(20-23(3)30(40)37-47(45,46)21-24-16-18-26(19-17-24)39(43)44)38(10)32(42)29(33(4,5)6)36-31(41)28(35-9)34(7,8)25-14-12-11-13-15-25/h11-20,22,27-29,35H,21H2,1-10H3,(H,36,41)(H,37,40). The van der Waals surface area contributed by atoms with E-state index in [1.807, 2.05) is 83.5 Å². The van der Waals surface area contributed by atoms with Crippen molar-refractivity contribution in [1.82, 2.24) is 20.3 Å². The van der Waals surface area contributed by atoms with Gasteiger partial charge in [-0.3, -0.25) is 24.5 Å². The molecule has 3 unspecified atom stereocenters. The van der Waals surface area contributed by atoms with E-state index in [1.54, 1.807) is 14.1 Å². The predicted molar refractivity (Wildman–Crippen MR) is 183 cm³/mol. The number of hydrogen-bond donors (Lipinski definition) is 3. The summed E-state index contributed by atoms with van der Waals surface area (Å²) in [6.45, 7) is 14.7. The molecule has 0 aliphatic rings. The number of amides is 3. The molecule has 2 aromatic rings. The maximum Gasteiger partial charge on any atom is 0.269 e. The van der Waals surface area contributed by atoms with Crippen molar-refractivity contribution in [2.75, 3.05) is 14.1 Å². The van der Waals surface area contributed by atoms with Crippen molar-refractivity contribution in [3.8, 4) is 0 Å². The third kappa shape index (κ3) is 10.4. The van der Waals surface area contributed by atoms with Gasteiger partial charge in [0.1, 0.15) is 6.04 Å². The average molecular weight is 672 g/mol. The largest absolute Gasteiger partial charge is 0.342 e. The van der Waals surface area contributed by atoms with Gasteiger partial charge < -0.3 is 15.5 Å². The molecule has 2 rings (SSSR count). The second-order valence-corrected chi connectivity index (χ2v) is 15.5. The highest BCUT2D eigenvalue weighted by Crippen LogP contribution is 2.29. The SMILES string of the molecule is CNC(C(=O)NC(C(=O)N(C)C(C=C(C)C(=O)NS(=O)(=O)Cc1ccc([N+](=O)[O-])cc1)C(C)C)C(C)(C)C)C(C)(C)c1ccccc1. The van der Waals surface area contributed by atoms with Crippen LogP contribution in [0.25, 0.3) is 0 Å². The molecule has 0 spiro atoms. The molecule has 47 heavy (non-hydrogen) atoms. The summed E-state index contributed by atoms with van der Waals surface area (Å²) < 4.78 is 27.5. The number of benzene rings is 2. The van der Waals surface area contributed by atoms with Gasteiger partial charge in [0, 0.05) is 30.2 Å². The van der Waals surface area contributed by atoms with Gasteiger partial charge in [-0.05, 0) is 36.4 Å². The number of hydrogen-bond acceptors (Lipinski definition) is 8. The Morgan fingerprint density at radius 3 is 1.98 bits per heavy atom. The lowest BCUT2D eigenvalue weighted by molar-refractivity contribution is -0.384. The quantitative estimate of drug-likeness (QED) is 0.154. The van der Waals surface area contributed by atoms with Crippen LogP contribution in [-0.4, -0.2) is 68.2 Å². The van der Waals surface area contributed by atoms with Crippen LogP contribution in [0, 0.1) is 21.4 Å². The van der Waals surface area contributed by atoms with Crippen LogP contribution in [0.4, 0.5) is 5.69 Å². The minimum absolute atomic E-state index is 0.0758. The highest BCUT2D eigenvalue weighted by molar-refractivity contribution is 7.89. The number of carbonyl (C=O) groups is 3. The summed E-state index contributed by atoms with van der Waals surface area (Å²) in [4.78, 5) is 52.6. The lowest BCUT2D eigenvalue weighted by Gasteiger charge is -2.40. The van der Waals surface area contributed by atoms with Gasteiger partial charge in [-0.2, -0.15) is 0 Å². The Labute approximate surface area is 278 Å². The Morgan fingerprint density at radius 2 is 1.51 bits per heavy atom. The Kier molecular flexibility index (Phi) is 13.0. The zero-order chi connectivity index (χ0) is 35.9. The molecule has 13 heteroatoms. The Hall–Kier alpha value is -4.10. The molecule has 0 aromatic heterocycles. The van der Waals surface area contributed by atoms with Crippen molar-refractivity contribution in [3.05, 3.63) is 87.5 Å². The smallest absolute Gasteiger partial charge is 0.269 e. The molecular formula is C34H49N5O7S. The van der Waals surface area contributed by atoms with Gasteiger partial charge in [-0.1, -0.05) is 97.0 Å². The fourth-order valence-corrected chi connectivity index (χ4v) is 6.50. The summed E-state index contributed by atoms with van der Waals surface area (Å²) in [5.74, 6) is -2.31. The monoisotopic (exact) mass is 671 g/mol. The molecule has 0 saturated heterocycles. The van der Waals surface area contributed by atoms with Gasteiger partial charge in [0.2, 0.25) is 21.8 Å². The molecule has 3 amide bonds. The van der Waals surface area contributed by atoms with E-state index < -0.39 is 55.6 Å². The van der Waals surface area contributed by atoms with Crippen molar-refractivity contribution < 1.29 is 27.7 Å². The normalized spacial score (nSPS) is 14.6. The summed E-state index contributed by atoms with van der Waals surface area (Å²) in [5.41, 5.74) is -0.168. The minimum Gasteiger partial charge on any atom is -0.342 e. The van der Waals surface area contributed by atoms with Gasteiger partial charge >= 0.3 is 0 Å². The van der Waals surface area contributed by atoms with Gasteiger partial charge in [-0.25, -0.2) is 13.1 Å². The van der Waals surface area contributed by atoms with E-state index in [0.29, 0.717) is 0 Å². The number of likely N-dealkylation sites (N-methyl/N-ethyl adjacent to an activating group) is 2. The van der Waals surface area contributed by atoms with Crippen LogP contribution in [-0.2, 0) is 35.6 Å². The fourth-order valence-electron chi connectivity index (χ4n) is 5.35. The molecule has 0 heterocycles. The lowest BCUT2D eigenvalue weighted by Crippen LogP contribution is -2.61. The van der Waals surface area contributed by atoms with Crippen LogP contribution in [0.15, 0.2) is 66.2 Å². The van der Waals surface area contributed by atoms with Gasteiger partial charge in [0.25, 0.3) is 11.6 Å². The van der Waals surface area contributed by atoms with E-state index in [2.05, 4.69) is 10.6 Å². The third-order valence-corrected chi connectivity index (χ3v) is 9.41. The van der Waals surface area contributed by atoms with Crippen LogP contribution in [0.2, 0.25) is 0 Å². The first-order valence-corrected chi connectivity index (χ1v) is 17.0. The molecule has 3 N–H and O–H groups in total. The van der Waals surface area contributed by atoms with Crippen LogP contribution >= 0.6 is 0 Å².